The van der Waals surface area contributed by atoms with Crippen LogP contribution >= 0.6 is 0 Å². The van der Waals surface area contributed by atoms with E-state index in [0.29, 0.717) is 0 Å². The predicted octanol–water partition coefficient (Wildman–Crippen LogP) is 2.18. The van der Waals surface area contributed by atoms with Crippen LogP contribution in [0.1, 0.15) is 25.7 Å². The van der Waals surface area contributed by atoms with Crippen LogP contribution in [0.25, 0.3) is 0 Å². The van der Waals surface area contributed by atoms with Crippen molar-refractivity contribution in [3.05, 3.63) is 24.0 Å². The van der Waals surface area contributed by atoms with Gasteiger partial charge >= 0.3 is 0 Å². The molecular weight excluding hydrogens is 122 g/mol. The highest BCUT2D eigenvalue weighted by Crippen LogP contribution is 2.34. The fraction of sp³-hybridized carbons (Fsp3) is 0.556. The van der Waals surface area contributed by atoms with E-state index in [1.807, 2.05) is 6.20 Å². The zero-order valence-electron chi connectivity index (χ0n) is 6.14. The van der Waals surface area contributed by atoms with Crippen LogP contribution in [0.15, 0.2) is 24.0 Å². The Bertz CT molecular complexity index is 175. The van der Waals surface area contributed by atoms with Crippen molar-refractivity contribution in [1.82, 2.24) is 5.32 Å². The predicted molar refractivity (Wildman–Crippen MR) is 42.3 cm³/mol. The highest BCUT2D eigenvalue weighted by Gasteiger charge is 2.21. The largest absolute Gasteiger partial charge is 0.368 e. The standard InChI is InChI=1S/C9H13N/c1-3-8(4-1)9-5-2-6-10-7-9/h2,6-8,10H,1,3-5H2. The van der Waals surface area contributed by atoms with Gasteiger partial charge in [0.15, 0.2) is 0 Å². The van der Waals surface area contributed by atoms with Crippen LogP contribution in [0.2, 0.25) is 0 Å². The second-order valence-electron chi connectivity index (χ2n) is 3.12. The summed E-state index contributed by atoms with van der Waals surface area (Å²) in [5.41, 5.74) is 1.61. The molecule has 1 heterocycles. The zero-order chi connectivity index (χ0) is 6.81. The highest BCUT2D eigenvalue weighted by atomic mass is 14.8. The molecule has 1 nitrogen and oxygen atoms in total. The number of allylic oxidation sites excluding steroid dienone is 2. The average Bonchev–Trinajstić information content (AvgIpc) is 1.86. The Morgan fingerprint density at radius 2 is 2.30 bits per heavy atom. The van der Waals surface area contributed by atoms with Gasteiger partial charge in [-0.3, -0.25) is 0 Å². The Kier molecular flexibility index (Phi) is 1.50. The van der Waals surface area contributed by atoms with E-state index in [9.17, 15) is 0 Å². The number of hydrogen-bond acceptors (Lipinski definition) is 1. The summed E-state index contributed by atoms with van der Waals surface area (Å²) >= 11 is 0. The molecule has 0 aromatic carbocycles. The SMILES string of the molecule is C1=CNC=C(C2CCC2)C1. The van der Waals surface area contributed by atoms with Crippen molar-refractivity contribution in [2.24, 2.45) is 5.92 Å². The lowest BCUT2D eigenvalue weighted by molar-refractivity contribution is 0.361. The Hall–Kier alpha value is -0.720. The van der Waals surface area contributed by atoms with E-state index in [2.05, 4.69) is 17.6 Å². The van der Waals surface area contributed by atoms with Gasteiger partial charge in [-0.2, -0.15) is 0 Å². The van der Waals surface area contributed by atoms with Crippen molar-refractivity contribution in [2.45, 2.75) is 25.7 Å². The lowest BCUT2D eigenvalue weighted by Gasteiger charge is -2.28. The highest BCUT2D eigenvalue weighted by molar-refractivity contribution is 5.17. The first-order chi connectivity index (χ1) is 4.97. The molecule has 2 aliphatic rings. The fourth-order valence-electron chi connectivity index (χ4n) is 1.54. The molecular formula is C9H13N. The molecule has 0 bridgehead atoms. The molecule has 0 radical (unpaired) electrons. The normalized spacial score (nSPS) is 25.0. The molecule has 0 aromatic rings. The topological polar surface area (TPSA) is 12.0 Å². The van der Waals surface area contributed by atoms with Crippen LogP contribution in [0.5, 0.6) is 0 Å². The number of rotatable bonds is 1. The summed E-state index contributed by atoms with van der Waals surface area (Å²) in [5, 5.41) is 3.14. The average molecular weight is 135 g/mol. The van der Waals surface area contributed by atoms with Crippen LogP contribution in [-0.2, 0) is 0 Å². The van der Waals surface area contributed by atoms with Gasteiger partial charge in [-0.25, -0.2) is 0 Å². The molecule has 1 fully saturated rings. The second kappa shape index (κ2) is 2.49. The molecule has 1 N–H and O–H groups in total. The van der Waals surface area contributed by atoms with Gasteiger partial charge in [0, 0.05) is 6.20 Å². The van der Waals surface area contributed by atoms with Crippen molar-refractivity contribution < 1.29 is 0 Å². The van der Waals surface area contributed by atoms with Gasteiger partial charge < -0.3 is 5.32 Å². The molecule has 0 saturated heterocycles. The van der Waals surface area contributed by atoms with Crippen molar-refractivity contribution in [2.75, 3.05) is 0 Å². The van der Waals surface area contributed by atoms with Gasteiger partial charge in [0.05, 0.1) is 0 Å². The molecule has 0 amide bonds. The number of hydrogen-bond donors (Lipinski definition) is 1. The molecule has 1 heteroatoms. The molecule has 2 rings (SSSR count). The summed E-state index contributed by atoms with van der Waals surface area (Å²) in [7, 11) is 0. The van der Waals surface area contributed by atoms with Crippen LogP contribution in [-0.4, -0.2) is 0 Å². The summed E-state index contributed by atoms with van der Waals surface area (Å²) in [6.45, 7) is 0. The third-order valence-corrected chi connectivity index (χ3v) is 2.47. The zero-order valence-corrected chi connectivity index (χ0v) is 6.14. The Labute approximate surface area is 61.8 Å². The van der Waals surface area contributed by atoms with Gasteiger partial charge in [0.1, 0.15) is 0 Å². The summed E-state index contributed by atoms with van der Waals surface area (Å²) in [5.74, 6) is 0.914. The van der Waals surface area contributed by atoms with E-state index in [-0.39, 0.29) is 0 Å². The monoisotopic (exact) mass is 135 g/mol. The summed E-state index contributed by atoms with van der Waals surface area (Å²) < 4.78 is 0. The van der Waals surface area contributed by atoms with Gasteiger partial charge in [0.2, 0.25) is 0 Å². The fourth-order valence-corrected chi connectivity index (χ4v) is 1.54. The van der Waals surface area contributed by atoms with E-state index < -0.39 is 0 Å². The van der Waals surface area contributed by atoms with Crippen LogP contribution in [0.3, 0.4) is 0 Å². The summed E-state index contributed by atoms with van der Waals surface area (Å²) in [6.07, 6.45) is 11.8. The maximum Gasteiger partial charge on any atom is 0.000223 e. The first-order valence-electron chi connectivity index (χ1n) is 4.07. The molecule has 0 atom stereocenters. The summed E-state index contributed by atoms with van der Waals surface area (Å²) in [6, 6.07) is 0. The van der Waals surface area contributed by atoms with Gasteiger partial charge in [0.25, 0.3) is 0 Å². The van der Waals surface area contributed by atoms with Gasteiger partial charge in [-0.05, 0) is 37.0 Å². The third-order valence-electron chi connectivity index (χ3n) is 2.47. The van der Waals surface area contributed by atoms with Crippen molar-refractivity contribution >= 4 is 0 Å². The molecule has 0 unspecified atom stereocenters. The first-order valence-corrected chi connectivity index (χ1v) is 4.07. The van der Waals surface area contributed by atoms with E-state index in [1.54, 1.807) is 5.57 Å². The van der Waals surface area contributed by atoms with Crippen LogP contribution < -0.4 is 5.32 Å². The molecule has 1 aliphatic carbocycles. The van der Waals surface area contributed by atoms with E-state index in [0.717, 1.165) is 5.92 Å². The van der Waals surface area contributed by atoms with Crippen LogP contribution in [0, 0.1) is 5.92 Å². The minimum atomic E-state index is 0.914. The molecule has 1 aliphatic heterocycles. The Morgan fingerprint density at radius 1 is 1.40 bits per heavy atom. The maximum absolute atomic E-state index is 3.14. The van der Waals surface area contributed by atoms with Gasteiger partial charge in [-0.1, -0.05) is 12.5 Å². The Balaban J connectivity index is 1.96. The summed E-state index contributed by atoms with van der Waals surface area (Å²) in [4.78, 5) is 0. The molecule has 1 saturated carbocycles. The van der Waals surface area contributed by atoms with Crippen LogP contribution in [0.4, 0.5) is 0 Å². The van der Waals surface area contributed by atoms with E-state index in [1.165, 1.54) is 25.7 Å². The van der Waals surface area contributed by atoms with Gasteiger partial charge in [-0.15, -0.1) is 0 Å². The number of nitrogens with one attached hydrogen (secondary N) is 1. The Morgan fingerprint density at radius 3 is 2.80 bits per heavy atom. The van der Waals surface area contributed by atoms with E-state index >= 15 is 0 Å². The maximum atomic E-state index is 3.14. The molecule has 10 heavy (non-hydrogen) atoms. The first kappa shape index (κ1) is 6.02. The van der Waals surface area contributed by atoms with Crippen molar-refractivity contribution in [3.63, 3.8) is 0 Å². The molecule has 0 aromatic heterocycles. The second-order valence-corrected chi connectivity index (χ2v) is 3.12. The van der Waals surface area contributed by atoms with Crippen molar-refractivity contribution in [3.8, 4) is 0 Å². The third kappa shape index (κ3) is 0.962. The lowest BCUT2D eigenvalue weighted by Crippen LogP contribution is -2.16. The smallest absolute Gasteiger partial charge is 0.000223 e. The molecule has 54 valence electrons. The lowest BCUT2D eigenvalue weighted by atomic mass is 9.78. The number of dihydropyridines is 1. The molecule has 0 spiro atoms. The van der Waals surface area contributed by atoms with E-state index in [4.69, 9.17) is 0 Å². The van der Waals surface area contributed by atoms with Crippen molar-refractivity contribution in [1.29, 1.82) is 0 Å². The quantitative estimate of drug-likeness (QED) is 0.581. The minimum absolute atomic E-state index is 0.914. The minimum Gasteiger partial charge on any atom is -0.368 e.